The monoisotopic (exact) mass is 317 g/mol. The number of halogens is 1. The lowest BCUT2D eigenvalue weighted by Crippen LogP contribution is -2.10. The number of amides is 1. The Labute approximate surface area is 116 Å². The summed E-state index contributed by atoms with van der Waals surface area (Å²) >= 11 is 3.34. The number of primary amides is 1. The van der Waals surface area contributed by atoms with Crippen molar-refractivity contribution in [1.29, 1.82) is 0 Å². The van der Waals surface area contributed by atoms with Gasteiger partial charge in [0.25, 0.3) is 0 Å². The van der Waals surface area contributed by atoms with Crippen LogP contribution in [0, 0.1) is 0 Å². The summed E-state index contributed by atoms with van der Waals surface area (Å²) in [5.74, 6) is -0.0407. The zero-order valence-electron chi connectivity index (χ0n) is 9.63. The molecule has 0 spiro atoms. The number of hydrogen-bond donors (Lipinski definition) is 1. The van der Waals surface area contributed by atoms with Crippen LogP contribution in [0.3, 0.4) is 0 Å². The number of rotatable bonds is 2. The van der Waals surface area contributed by atoms with Gasteiger partial charge in [0.1, 0.15) is 5.52 Å². The second-order valence-corrected chi connectivity index (χ2v) is 4.87. The van der Waals surface area contributed by atoms with Crippen molar-refractivity contribution in [1.82, 2.24) is 9.97 Å². The fourth-order valence-electron chi connectivity index (χ4n) is 1.73. The lowest BCUT2D eigenvalue weighted by Gasteiger charge is -1.94. The molecule has 0 aliphatic rings. The number of pyridine rings is 1. The van der Waals surface area contributed by atoms with Gasteiger partial charge in [-0.1, -0.05) is 0 Å². The van der Waals surface area contributed by atoms with Crippen LogP contribution in [-0.4, -0.2) is 15.9 Å². The number of carbonyl (C=O) groups is 1. The van der Waals surface area contributed by atoms with Gasteiger partial charge in [-0.15, -0.1) is 0 Å². The predicted octanol–water partition coefficient (Wildman–Crippen LogP) is 2.75. The van der Waals surface area contributed by atoms with Crippen LogP contribution in [0.25, 0.3) is 22.6 Å². The Morgan fingerprint density at radius 3 is 2.84 bits per heavy atom. The molecule has 0 bridgehead atoms. The van der Waals surface area contributed by atoms with Crippen molar-refractivity contribution in [3.8, 4) is 11.5 Å². The zero-order valence-corrected chi connectivity index (χ0v) is 11.2. The Balaban J connectivity index is 2.14. The third-order valence-corrected chi connectivity index (χ3v) is 3.06. The van der Waals surface area contributed by atoms with Gasteiger partial charge in [0.2, 0.25) is 11.8 Å². The maximum absolute atomic E-state index is 11.1. The summed E-state index contributed by atoms with van der Waals surface area (Å²) in [7, 11) is 0. The van der Waals surface area contributed by atoms with Gasteiger partial charge in [-0.2, -0.15) is 0 Å². The van der Waals surface area contributed by atoms with Gasteiger partial charge in [-0.25, -0.2) is 4.98 Å². The number of nitrogens with zero attached hydrogens (tertiary/aromatic N) is 2. The van der Waals surface area contributed by atoms with Crippen LogP contribution >= 0.6 is 15.9 Å². The second-order valence-electron chi connectivity index (χ2n) is 3.96. The predicted molar refractivity (Wildman–Crippen MR) is 73.5 cm³/mol. The van der Waals surface area contributed by atoms with Crippen molar-refractivity contribution in [2.75, 3.05) is 0 Å². The Hall–Kier alpha value is -2.21. The normalized spacial score (nSPS) is 10.8. The number of oxazole rings is 1. The first kappa shape index (κ1) is 11.9. The average Bonchev–Trinajstić information content (AvgIpc) is 2.81. The topological polar surface area (TPSA) is 82.0 Å². The van der Waals surface area contributed by atoms with Crippen molar-refractivity contribution in [2.24, 2.45) is 5.73 Å². The molecule has 6 heteroatoms. The second kappa shape index (κ2) is 4.47. The molecule has 19 heavy (non-hydrogen) atoms. The van der Waals surface area contributed by atoms with Crippen molar-refractivity contribution in [3.63, 3.8) is 0 Å². The van der Waals surface area contributed by atoms with E-state index < -0.39 is 5.91 Å². The van der Waals surface area contributed by atoms with Gasteiger partial charge in [0, 0.05) is 22.4 Å². The summed E-state index contributed by atoms with van der Waals surface area (Å²) in [6, 6.07) is 6.75. The van der Waals surface area contributed by atoms with Crippen LogP contribution in [-0.2, 0) is 0 Å². The molecule has 1 amide bonds. The van der Waals surface area contributed by atoms with E-state index in [-0.39, 0.29) is 0 Å². The molecule has 2 N–H and O–H groups in total. The highest BCUT2D eigenvalue weighted by Crippen LogP contribution is 2.25. The molecule has 0 atom stereocenters. The molecule has 2 heterocycles. The molecule has 0 radical (unpaired) electrons. The molecular weight excluding hydrogens is 310 g/mol. The number of fused-ring (bicyclic) bond motifs is 1. The van der Waals surface area contributed by atoms with E-state index in [0.717, 1.165) is 10.0 Å². The molecule has 2 aromatic heterocycles. The van der Waals surface area contributed by atoms with Crippen molar-refractivity contribution in [3.05, 3.63) is 46.7 Å². The van der Waals surface area contributed by atoms with E-state index in [0.29, 0.717) is 22.6 Å². The van der Waals surface area contributed by atoms with Gasteiger partial charge in [-0.3, -0.25) is 9.78 Å². The van der Waals surface area contributed by atoms with Gasteiger partial charge in [-0.05, 0) is 40.2 Å². The summed E-state index contributed by atoms with van der Waals surface area (Å²) in [4.78, 5) is 19.5. The van der Waals surface area contributed by atoms with Crippen LogP contribution in [0.1, 0.15) is 10.4 Å². The van der Waals surface area contributed by atoms with E-state index in [9.17, 15) is 4.79 Å². The summed E-state index contributed by atoms with van der Waals surface area (Å²) in [6.45, 7) is 0. The number of carbonyl (C=O) groups excluding carboxylic acids is 1. The molecule has 1 aromatic carbocycles. The SMILES string of the molecule is NC(=O)c1ccc2oc(-c3cncc(Br)c3)nc2c1. The number of benzene rings is 1. The fraction of sp³-hybridized carbons (Fsp3) is 0. The van der Waals surface area contributed by atoms with Crippen LogP contribution < -0.4 is 5.73 Å². The van der Waals surface area contributed by atoms with E-state index in [2.05, 4.69) is 25.9 Å². The molecule has 0 unspecified atom stereocenters. The number of hydrogen-bond acceptors (Lipinski definition) is 4. The first-order valence-electron chi connectivity index (χ1n) is 5.45. The highest BCUT2D eigenvalue weighted by molar-refractivity contribution is 9.10. The summed E-state index contributed by atoms with van der Waals surface area (Å²) in [5, 5.41) is 0. The van der Waals surface area contributed by atoms with Crippen molar-refractivity contribution < 1.29 is 9.21 Å². The third kappa shape index (κ3) is 2.22. The molecule has 0 fully saturated rings. The van der Waals surface area contributed by atoms with Crippen LogP contribution in [0.15, 0.2) is 45.5 Å². The molecule has 94 valence electrons. The standard InChI is InChI=1S/C13H8BrN3O2/c14-9-3-8(5-16-6-9)13-17-10-4-7(12(15)18)1-2-11(10)19-13/h1-6H,(H2,15,18). The number of nitrogens with two attached hydrogens (primary N) is 1. The Morgan fingerprint density at radius 2 is 2.11 bits per heavy atom. The average molecular weight is 318 g/mol. The van der Waals surface area contributed by atoms with Gasteiger partial charge in [0.05, 0.1) is 5.56 Å². The molecule has 3 rings (SSSR count). The highest BCUT2D eigenvalue weighted by Gasteiger charge is 2.10. The molecule has 0 aliphatic heterocycles. The van der Waals surface area contributed by atoms with Gasteiger partial charge >= 0.3 is 0 Å². The Kier molecular flexibility index (Phi) is 2.79. The molecule has 5 nitrogen and oxygen atoms in total. The van der Waals surface area contributed by atoms with Crippen LogP contribution in [0.4, 0.5) is 0 Å². The van der Waals surface area contributed by atoms with E-state index in [1.807, 2.05) is 6.07 Å². The summed E-state index contributed by atoms with van der Waals surface area (Å²) in [6.07, 6.45) is 3.34. The molecule has 0 saturated heterocycles. The van der Waals surface area contributed by atoms with Crippen LogP contribution in [0.5, 0.6) is 0 Å². The van der Waals surface area contributed by atoms with Gasteiger partial charge in [0.15, 0.2) is 5.58 Å². The third-order valence-electron chi connectivity index (χ3n) is 2.62. The van der Waals surface area contributed by atoms with E-state index in [4.69, 9.17) is 10.2 Å². The zero-order chi connectivity index (χ0) is 13.4. The molecule has 0 saturated carbocycles. The van der Waals surface area contributed by atoms with Crippen molar-refractivity contribution in [2.45, 2.75) is 0 Å². The fourth-order valence-corrected chi connectivity index (χ4v) is 2.10. The number of aromatic nitrogens is 2. The Morgan fingerprint density at radius 1 is 1.26 bits per heavy atom. The highest BCUT2D eigenvalue weighted by atomic mass is 79.9. The largest absolute Gasteiger partial charge is 0.436 e. The summed E-state index contributed by atoms with van der Waals surface area (Å²) in [5.41, 5.74) is 7.57. The van der Waals surface area contributed by atoms with Gasteiger partial charge < -0.3 is 10.2 Å². The van der Waals surface area contributed by atoms with Crippen molar-refractivity contribution >= 4 is 32.9 Å². The molecule has 0 aliphatic carbocycles. The molecule has 3 aromatic rings. The lowest BCUT2D eigenvalue weighted by atomic mass is 10.2. The minimum Gasteiger partial charge on any atom is -0.436 e. The Bertz CT molecular complexity index is 782. The quantitative estimate of drug-likeness (QED) is 0.787. The first-order chi connectivity index (χ1) is 9.13. The minimum atomic E-state index is -0.490. The summed E-state index contributed by atoms with van der Waals surface area (Å²) < 4.78 is 6.46. The maximum Gasteiger partial charge on any atom is 0.248 e. The van der Waals surface area contributed by atoms with E-state index in [1.54, 1.807) is 30.6 Å². The molecular formula is C13H8BrN3O2. The van der Waals surface area contributed by atoms with E-state index >= 15 is 0 Å². The smallest absolute Gasteiger partial charge is 0.248 e. The lowest BCUT2D eigenvalue weighted by molar-refractivity contribution is 0.100. The van der Waals surface area contributed by atoms with Crippen LogP contribution in [0.2, 0.25) is 0 Å². The minimum absolute atomic E-state index is 0.403. The maximum atomic E-state index is 11.1. The first-order valence-corrected chi connectivity index (χ1v) is 6.24. The van der Waals surface area contributed by atoms with E-state index in [1.165, 1.54) is 0 Å².